The summed E-state index contributed by atoms with van der Waals surface area (Å²) in [7, 11) is 2.03. The van der Waals surface area contributed by atoms with Gasteiger partial charge in [0.1, 0.15) is 5.82 Å². The monoisotopic (exact) mass is 420 g/mol. The lowest BCUT2D eigenvalue weighted by atomic mass is 9.97. The van der Waals surface area contributed by atoms with Gasteiger partial charge in [-0.05, 0) is 56.1 Å². The van der Waals surface area contributed by atoms with Crippen LogP contribution >= 0.6 is 0 Å². The molecule has 1 fully saturated rings. The molecule has 2 aliphatic rings. The van der Waals surface area contributed by atoms with Crippen LogP contribution in [0.5, 0.6) is 0 Å². The van der Waals surface area contributed by atoms with E-state index < -0.39 is 13.0 Å². The minimum Gasteiger partial charge on any atom is -0.376 e. The standard InChI is InChI=1S/C22H27F3N4O/c1-15-11-18(14-28(2)13-15)17-3-4-19-20(12-17)29(9-10-30-22(23,24)25)21(27-19)16-5-7-26-8-6-16/h3-4,11-12,14,16,26H,5-10,13H2,1-2H3. The van der Waals surface area contributed by atoms with Gasteiger partial charge in [-0.1, -0.05) is 17.7 Å². The summed E-state index contributed by atoms with van der Waals surface area (Å²) in [6.07, 6.45) is 1.47. The molecule has 8 heteroatoms. The Hall–Kier alpha value is -2.32. The summed E-state index contributed by atoms with van der Waals surface area (Å²) in [5.41, 5.74) is 5.04. The molecule has 162 valence electrons. The summed E-state index contributed by atoms with van der Waals surface area (Å²) in [5.74, 6) is 1.09. The number of fused-ring (bicyclic) bond motifs is 1. The number of allylic oxidation sites excluding steroid dienone is 2. The number of aromatic nitrogens is 2. The minimum atomic E-state index is -4.63. The Morgan fingerprint density at radius 2 is 2.00 bits per heavy atom. The number of ether oxygens (including phenoxy) is 1. The van der Waals surface area contributed by atoms with Gasteiger partial charge in [0.25, 0.3) is 0 Å². The Labute approximate surface area is 174 Å². The smallest absolute Gasteiger partial charge is 0.376 e. The van der Waals surface area contributed by atoms with Gasteiger partial charge in [0, 0.05) is 32.3 Å². The summed E-state index contributed by atoms with van der Waals surface area (Å²) in [6, 6.07) is 6.04. The average Bonchev–Trinajstić information content (AvgIpc) is 3.05. The van der Waals surface area contributed by atoms with Gasteiger partial charge in [-0.25, -0.2) is 4.98 Å². The highest BCUT2D eigenvalue weighted by molar-refractivity contribution is 5.84. The average molecular weight is 420 g/mol. The number of hydrogen-bond acceptors (Lipinski definition) is 4. The van der Waals surface area contributed by atoms with Crippen molar-refractivity contribution >= 4 is 16.6 Å². The van der Waals surface area contributed by atoms with Crippen molar-refractivity contribution in [3.63, 3.8) is 0 Å². The number of benzene rings is 1. The highest BCUT2D eigenvalue weighted by Crippen LogP contribution is 2.31. The number of likely N-dealkylation sites (N-methyl/N-ethyl adjacent to an activating group) is 1. The van der Waals surface area contributed by atoms with Crippen LogP contribution in [0.25, 0.3) is 16.6 Å². The van der Waals surface area contributed by atoms with Crippen LogP contribution in [0.15, 0.2) is 36.0 Å². The van der Waals surface area contributed by atoms with Gasteiger partial charge in [-0.15, -0.1) is 13.2 Å². The van der Waals surface area contributed by atoms with Crippen molar-refractivity contribution in [2.24, 2.45) is 0 Å². The lowest BCUT2D eigenvalue weighted by Crippen LogP contribution is -2.28. The van der Waals surface area contributed by atoms with E-state index in [4.69, 9.17) is 4.98 Å². The molecular formula is C22H27F3N4O. The third-order valence-electron chi connectivity index (χ3n) is 5.66. The van der Waals surface area contributed by atoms with Gasteiger partial charge in [0.2, 0.25) is 0 Å². The second-order valence-corrected chi connectivity index (χ2v) is 8.13. The summed E-state index contributed by atoms with van der Waals surface area (Å²) in [4.78, 5) is 6.95. The zero-order valence-corrected chi connectivity index (χ0v) is 17.3. The largest absolute Gasteiger partial charge is 0.522 e. The topological polar surface area (TPSA) is 42.3 Å². The number of alkyl halides is 3. The van der Waals surface area contributed by atoms with Gasteiger partial charge >= 0.3 is 6.36 Å². The molecule has 3 heterocycles. The summed E-state index contributed by atoms with van der Waals surface area (Å²) < 4.78 is 43.7. The predicted octanol–water partition coefficient (Wildman–Crippen LogP) is 4.27. The van der Waals surface area contributed by atoms with Crippen molar-refractivity contribution in [2.45, 2.75) is 38.6 Å². The molecule has 0 atom stereocenters. The highest BCUT2D eigenvalue weighted by atomic mass is 19.4. The van der Waals surface area contributed by atoms with E-state index in [2.05, 4.69) is 34.2 Å². The van der Waals surface area contributed by atoms with E-state index in [0.29, 0.717) is 0 Å². The first-order chi connectivity index (χ1) is 14.3. The van der Waals surface area contributed by atoms with Crippen LogP contribution in [-0.2, 0) is 11.3 Å². The molecule has 0 radical (unpaired) electrons. The first kappa shape index (κ1) is 20.9. The van der Waals surface area contributed by atoms with Gasteiger partial charge < -0.3 is 14.8 Å². The molecule has 1 aromatic carbocycles. The molecule has 0 unspecified atom stereocenters. The Kier molecular flexibility index (Phi) is 5.88. The number of imidazole rings is 1. The molecule has 0 amide bonds. The van der Waals surface area contributed by atoms with E-state index in [1.54, 1.807) is 0 Å². The summed E-state index contributed by atoms with van der Waals surface area (Å²) in [5, 5.41) is 3.33. The molecule has 0 saturated carbocycles. The molecule has 1 saturated heterocycles. The maximum absolute atomic E-state index is 12.6. The predicted molar refractivity (Wildman–Crippen MR) is 111 cm³/mol. The fourth-order valence-corrected chi connectivity index (χ4v) is 4.38. The molecule has 1 aromatic heterocycles. The number of rotatable bonds is 5. The lowest BCUT2D eigenvalue weighted by molar-refractivity contribution is -0.325. The first-order valence-electron chi connectivity index (χ1n) is 10.3. The Bertz CT molecular complexity index is 971. The first-order valence-corrected chi connectivity index (χ1v) is 10.3. The highest BCUT2D eigenvalue weighted by Gasteiger charge is 2.29. The van der Waals surface area contributed by atoms with Gasteiger partial charge in [0.15, 0.2) is 0 Å². The van der Waals surface area contributed by atoms with Gasteiger partial charge in [-0.3, -0.25) is 4.74 Å². The molecule has 2 aliphatic heterocycles. The van der Waals surface area contributed by atoms with E-state index >= 15 is 0 Å². The van der Waals surface area contributed by atoms with E-state index in [0.717, 1.165) is 60.5 Å². The fourth-order valence-electron chi connectivity index (χ4n) is 4.38. The molecule has 0 bridgehead atoms. The number of nitrogens with one attached hydrogen (secondary N) is 1. The molecule has 1 N–H and O–H groups in total. The summed E-state index contributed by atoms with van der Waals surface area (Å²) >= 11 is 0. The molecule has 0 spiro atoms. The van der Waals surface area contributed by atoms with Crippen molar-refractivity contribution in [2.75, 3.05) is 33.3 Å². The minimum absolute atomic E-state index is 0.118. The van der Waals surface area contributed by atoms with Crippen molar-refractivity contribution in [1.29, 1.82) is 0 Å². The normalized spacial score (nSPS) is 18.6. The van der Waals surface area contributed by atoms with Crippen molar-refractivity contribution < 1.29 is 17.9 Å². The fraction of sp³-hybridized carbons (Fsp3) is 0.500. The quantitative estimate of drug-likeness (QED) is 0.785. The second kappa shape index (κ2) is 8.43. The van der Waals surface area contributed by atoms with Crippen LogP contribution < -0.4 is 5.32 Å². The van der Waals surface area contributed by atoms with E-state index in [9.17, 15) is 13.2 Å². The van der Waals surface area contributed by atoms with Crippen LogP contribution in [0.4, 0.5) is 13.2 Å². The lowest BCUT2D eigenvalue weighted by Gasteiger charge is -2.23. The number of hydrogen-bond donors (Lipinski definition) is 1. The summed E-state index contributed by atoms with van der Waals surface area (Å²) in [6.45, 7) is 4.45. The van der Waals surface area contributed by atoms with Crippen LogP contribution in [-0.4, -0.2) is 54.1 Å². The maximum atomic E-state index is 12.6. The molecular weight excluding hydrogens is 393 g/mol. The third-order valence-corrected chi connectivity index (χ3v) is 5.66. The van der Waals surface area contributed by atoms with E-state index in [1.165, 1.54) is 5.57 Å². The van der Waals surface area contributed by atoms with Gasteiger partial charge in [0.05, 0.1) is 17.6 Å². The van der Waals surface area contributed by atoms with Crippen LogP contribution in [0, 0.1) is 0 Å². The van der Waals surface area contributed by atoms with E-state index in [-0.39, 0.29) is 12.5 Å². The molecule has 0 aliphatic carbocycles. The molecule has 2 aromatic rings. The zero-order chi connectivity index (χ0) is 21.3. The second-order valence-electron chi connectivity index (χ2n) is 8.13. The Morgan fingerprint density at radius 3 is 2.70 bits per heavy atom. The molecule has 4 rings (SSSR count). The van der Waals surface area contributed by atoms with Gasteiger partial charge in [-0.2, -0.15) is 0 Å². The maximum Gasteiger partial charge on any atom is 0.522 e. The molecule has 5 nitrogen and oxygen atoms in total. The van der Waals surface area contributed by atoms with Crippen LogP contribution in [0.2, 0.25) is 0 Å². The SMILES string of the molecule is CC1=CC(c2ccc3nc(C4CCNCC4)n(CCOC(F)(F)F)c3c2)=CN(C)C1. The van der Waals surface area contributed by atoms with Crippen LogP contribution in [0.1, 0.15) is 37.1 Å². The number of halogens is 3. The Balaban J connectivity index is 1.72. The zero-order valence-electron chi connectivity index (χ0n) is 17.3. The van der Waals surface area contributed by atoms with Crippen molar-refractivity contribution in [1.82, 2.24) is 19.8 Å². The number of nitrogens with zero attached hydrogens (tertiary/aromatic N) is 3. The van der Waals surface area contributed by atoms with E-state index in [1.807, 2.05) is 29.8 Å². The number of piperidine rings is 1. The van der Waals surface area contributed by atoms with Crippen LogP contribution in [0.3, 0.4) is 0 Å². The van der Waals surface area contributed by atoms with Crippen molar-refractivity contribution in [3.05, 3.63) is 47.4 Å². The third kappa shape index (κ3) is 4.70. The Morgan fingerprint density at radius 1 is 1.23 bits per heavy atom. The molecule has 30 heavy (non-hydrogen) atoms. The van der Waals surface area contributed by atoms with Crippen molar-refractivity contribution in [3.8, 4) is 0 Å².